The predicted molar refractivity (Wildman–Crippen MR) is 93.1 cm³/mol. The van der Waals surface area contributed by atoms with Gasteiger partial charge in [0, 0.05) is 18.8 Å². The van der Waals surface area contributed by atoms with Crippen LogP contribution in [0.3, 0.4) is 0 Å². The van der Waals surface area contributed by atoms with Gasteiger partial charge in [-0.05, 0) is 52.2 Å². The molecule has 112 valence electrons. The zero-order valence-electron chi connectivity index (χ0n) is 12.7. The van der Waals surface area contributed by atoms with E-state index >= 15 is 0 Å². The molecule has 0 amide bonds. The number of nitrogens with zero attached hydrogens (tertiary/aromatic N) is 1. The molecular weight excluding hydrogens is 326 g/mol. The van der Waals surface area contributed by atoms with E-state index in [4.69, 9.17) is 4.74 Å². The van der Waals surface area contributed by atoms with Gasteiger partial charge in [-0.2, -0.15) is 0 Å². The van der Waals surface area contributed by atoms with Crippen LogP contribution in [0.5, 0.6) is 5.75 Å². The third kappa shape index (κ3) is 4.50. The summed E-state index contributed by atoms with van der Waals surface area (Å²) in [7, 11) is 1.69. The number of ether oxygens (including phenoxy) is 1. The van der Waals surface area contributed by atoms with E-state index in [-0.39, 0.29) is 0 Å². The minimum absolute atomic E-state index is 0.874. The Balaban J connectivity index is 2.16. The summed E-state index contributed by atoms with van der Waals surface area (Å²) in [5.41, 5.74) is 2.56. The number of benzene rings is 2. The number of rotatable bonds is 7. The summed E-state index contributed by atoms with van der Waals surface area (Å²) < 4.78 is 6.30. The van der Waals surface area contributed by atoms with Gasteiger partial charge in [0.15, 0.2) is 0 Å². The number of unbranched alkanes of at least 4 members (excludes halogenated alkanes) is 1. The van der Waals surface area contributed by atoms with Crippen LogP contribution < -0.4 is 9.64 Å². The second kappa shape index (κ2) is 8.08. The van der Waals surface area contributed by atoms with Gasteiger partial charge in [0.2, 0.25) is 0 Å². The Morgan fingerprint density at radius 2 is 1.86 bits per heavy atom. The van der Waals surface area contributed by atoms with Crippen molar-refractivity contribution < 1.29 is 4.74 Å². The quantitative estimate of drug-likeness (QED) is 0.676. The second-order valence-electron chi connectivity index (χ2n) is 5.08. The van der Waals surface area contributed by atoms with E-state index in [1.54, 1.807) is 7.11 Å². The summed E-state index contributed by atoms with van der Waals surface area (Å²) in [6, 6.07) is 16.9. The third-order valence-electron chi connectivity index (χ3n) is 3.49. The van der Waals surface area contributed by atoms with Crippen LogP contribution in [-0.4, -0.2) is 13.7 Å². The number of halogens is 1. The molecule has 2 rings (SSSR count). The molecule has 0 atom stereocenters. The maximum absolute atomic E-state index is 5.29. The van der Waals surface area contributed by atoms with Crippen molar-refractivity contribution in [2.45, 2.75) is 26.3 Å². The number of methoxy groups -OCH3 is 1. The molecule has 0 aliphatic carbocycles. The third-order valence-corrected chi connectivity index (χ3v) is 4.11. The largest absolute Gasteiger partial charge is 0.496 e. The van der Waals surface area contributed by atoms with E-state index in [1.807, 2.05) is 6.07 Å². The van der Waals surface area contributed by atoms with Crippen LogP contribution in [0.15, 0.2) is 53.0 Å². The lowest BCUT2D eigenvalue weighted by Gasteiger charge is -2.25. The van der Waals surface area contributed by atoms with Crippen molar-refractivity contribution in [3.05, 3.63) is 58.6 Å². The first kappa shape index (κ1) is 15.9. The SMILES string of the molecule is CCCCN(Cc1ccc(OC)c(Br)c1)c1ccccc1. The molecule has 3 heteroatoms. The zero-order valence-corrected chi connectivity index (χ0v) is 14.3. The van der Waals surface area contributed by atoms with Crippen molar-refractivity contribution >= 4 is 21.6 Å². The standard InChI is InChI=1S/C18H22BrNO/c1-3-4-12-20(16-8-6-5-7-9-16)14-15-10-11-18(21-2)17(19)13-15/h5-11,13H,3-4,12,14H2,1-2H3. The lowest BCUT2D eigenvalue weighted by molar-refractivity contribution is 0.412. The summed E-state index contributed by atoms with van der Waals surface area (Å²) in [4.78, 5) is 2.43. The summed E-state index contributed by atoms with van der Waals surface area (Å²) >= 11 is 3.56. The van der Waals surface area contributed by atoms with Crippen molar-refractivity contribution in [3.8, 4) is 5.75 Å². The Morgan fingerprint density at radius 1 is 1.10 bits per heavy atom. The van der Waals surface area contributed by atoms with Crippen molar-refractivity contribution in [1.29, 1.82) is 0 Å². The molecule has 0 fully saturated rings. The topological polar surface area (TPSA) is 12.5 Å². The molecule has 2 aromatic rings. The molecule has 0 aromatic heterocycles. The minimum Gasteiger partial charge on any atom is -0.496 e. The van der Waals surface area contributed by atoms with Crippen LogP contribution in [0.1, 0.15) is 25.3 Å². The maximum atomic E-state index is 5.29. The molecule has 0 unspecified atom stereocenters. The first-order chi connectivity index (χ1) is 10.2. The molecule has 0 spiro atoms. The molecule has 0 bridgehead atoms. The van der Waals surface area contributed by atoms with E-state index < -0.39 is 0 Å². The van der Waals surface area contributed by atoms with E-state index in [9.17, 15) is 0 Å². The average molecular weight is 348 g/mol. The van der Waals surface area contributed by atoms with Crippen LogP contribution in [0.4, 0.5) is 5.69 Å². The van der Waals surface area contributed by atoms with Crippen molar-refractivity contribution in [2.75, 3.05) is 18.6 Å². The summed E-state index contributed by atoms with van der Waals surface area (Å²) in [6.45, 7) is 4.21. The van der Waals surface area contributed by atoms with Gasteiger partial charge in [-0.15, -0.1) is 0 Å². The van der Waals surface area contributed by atoms with Gasteiger partial charge >= 0.3 is 0 Å². The Hall–Kier alpha value is -1.48. The van der Waals surface area contributed by atoms with Gasteiger partial charge in [-0.25, -0.2) is 0 Å². The maximum Gasteiger partial charge on any atom is 0.133 e. The van der Waals surface area contributed by atoms with Gasteiger partial charge in [-0.1, -0.05) is 37.6 Å². The monoisotopic (exact) mass is 347 g/mol. The van der Waals surface area contributed by atoms with Crippen molar-refractivity contribution in [3.63, 3.8) is 0 Å². The van der Waals surface area contributed by atoms with E-state index in [2.05, 4.69) is 70.2 Å². The highest BCUT2D eigenvalue weighted by atomic mass is 79.9. The molecule has 0 aliphatic heterocycles. The molecule has 0 heterocycles. The van der Waals surface area contributed by atoms with Crippen molar-refractivity contribution in [2.24, 2.45) is 0 Å². The number of hydrogen-bond donors (Lipinski definition) is 0. The summed E-state index contributed by atoms with van der Waals surface area (Å²) in [5, 5.41) is 0. The Bertz CT molecular complexity index is 556. The molecule has 2 nitrogen and oxygen atoms in total. The van der Waals surface area contributed by atoms with E-state index in [1.165, 1.54) is 24.1 Å². The second-order valence-corrected chi connectivity index (χ2v) is 5.93. The molecular formula is C18H22BrNO. The smallest absolute Gasteiger partial charge is 0.133 e. The van der Waals surface area contributed by atoms with E-state index in [0.29, 0.717) is 0 Å². The van der Waals surface area contributed by atoms with Gasteiger partial charge in [-0.3, -0.25) is 0 Å². The Morgan fingerprint density at radius 3 is 2.48 bits per heavy atom. The first-order valence-corrected chi connectivity index (χ1v) is 8.16. The van der Waals surface area contributed by atoms with Crippen LogP contribution in [0, 0.1) is 0 Å². The van der Waals surface area contributed by atoms with E-state index in [0.717, 1.165) is 23.3 Å². The van der Waals surface area contributed by atoms with Gasteiger partial charge < -0.3 is 9.64 Å². The van der Waals surface area contributed by atoms with Gasteiger partial charge in [0.1, 0.15) is 5.75 Å². The molecule has 0 aliphatic rings. The molecule has 0 N–H and O–H groups in total. The highest BCUT2D eigenvalue weighted by Crippen LogP contribution is 2.27. The van der Waals surface area contributed by atoms with Crippen LogP contribution in [0.2, 0.25) is 0 Å². The first-order valence-electron chi connectivity index (χ1n) is 7.37. The lowest BCUT2D eigenvalue weighted by atomic mass is 10.1. The zero-order chi connectivity index (χ0) is 15.1. The van der Waals surface area contributed by atoms with Crippen molar-refractivity contribution in [1.82, 2.24) is 0 Å². The highest BCUT2D eigenvalue weighted by molar-refractivity contribution is 9.10. The van der Waals surface area contributed by atoms with Gasteiger partial charge in [0.25, 0.3) is 0 Å². The highest BCUT2D eigenvalue weighted by Gasteiger charge is 2.08. The molecule has 0 radical (unpaired) electrons. The van der Waals surface area contributed by atoms with Crippen LogP contribution in [0.25, 0.3) is 0 Å². The predicted octanol–water partition coefficient (Wildman–Crippen LogP) is 5.26. The fraction of sp³-hybridized carbons (Fsp3) is 0.333. The fourth-order valence-corrected chi connectivity index (χ4v) is 2.90. The summed E-state index contributed by atoms with van der Waals surface area (Å²) in [5.74, 6) is 0.874. The van der Waals surface area contributed by atoms with Crippen LogP contribution in [-0.2, 0) is 6.54 Å². The Labute approximate surface area is 135 Å². The molecule has 2 aromatic carbocycles. The Kier molecular flexibility index (Phi) is 6.12. The van der Waals surface area contributed by atoms with Gasteiger partial charge in [0.05, 0.1) is 11.6 Å². The number of anilines is 1. The molecule has 21 heavy (non-hydrogen) atoms. The number of para-hydroxylation sites is 1. The average Bonchev–Trinajstić information content (AvgIpc) is 2.52. The fourth-order valence-electron chi connectivity index (χ4n) is 2.32. The molecule has 0 saturated heterocycles. The normalized spacial score (nSPS) is 10.4. The van der Waals surface area contributed by atoms with Crippen LogP contribution >= 0.6 is 15.9 Å². The number of hydrogen-bond acceptors (Lipinski definition) is 2. The minimum atomic E-state index is 0.874. The summed E-state index contributed by atoms with van der Waals surface area (Å²) in [6.07, 6.45) is 2.40. The molecule has 0 saturated carbocycles. The lowest BCUT2D eigenvalue weighted by Crippen LogP contribution is -2.23.